The highest BCUT2D eigenvalue weighted by molar-refractivity contribution is 5.30. The number of aromatic nitrogens is 1. The lowest BCUT2D eigenvalue weighted by molar-refractivity contribution is 0.173. The van der Waals surface area contributed by atoms with Crippen LogP contribution < -0.4 is 4.74 Å². The van der Waals surface area contributed by atoms with Gasteiger partial charge >= 0.3 is 0 Å². The van der Waals surface area contributed by atoms with Gasteiger partial charge in [-0.1, -0.05) is 12.1 Å². The van der Waals surface area contributed by atoms with Gasteiger partial charge in [-0.15, -0.1) is 0 Å². The van der Waals surface area contributed by atoms with Gasteiger partial charge < -0.3 is 9.84 Å². The fraction of sp³-hybridized carbons (Fsp3) is 0.267. The van der Waals surface area contributed by atoms with E-state index in [4.69, 9.17) is 4.74 Å². The topological polar surface area (TPSA) is 42.4 Å². The summed E-state index contributed by atoms with van der Waals surface area (Å²) in [6.07, 6.45) is 1.28. The Morgan fingerprint density at radius 3 is 2.68 bits per heavy atom. The van der Waals surface area contributed by atoms with Crippen LogP contribution in [0.2, 0.25) is 0 Å². The molecule has 0 aliphatic heterocycles. The van der Waals surface area contributed by atoms with Gasteiger partial charge in [0.05, 0.1) is 18.9 Å². The molecule has 1 heterocycles. The summed E-state index contributed by atoms with van der Waals surface area (Å²) in [5, 5.41) is 10.1. The fourth-order valence-corrected chi connectivity index (χ4v) is 1.84. The van der Waals surface area contributed by atoms with Crippen molar-refractivity contribution in [3.63, 3.8) is 0 Å². The van der Waals surface area contributed by atoms with Crippen molar-refractivity contribution >= 4 is 0 Å². The van der Waals surface area contributed by atoms with Crippen molar-refractivity contribution in [1.29, 1.82) is 0 Å². The zero-order valence-electron chi connectivity index (χ0n) is 10.9. The third kappa shape index (κ3) is 3.29. The van der Waals surface area contributed by atoms with E-state index in [1.807, 2.05) is 13.0 Å². The number of methoxy groups -OCH3 is 1. The minimum Gasteiger partial charge on any atom is -0.494 e. The quantitative estimate of drug-likeness (QED) is 0.920. The molecule has 1 aromatic heterocycles. The van der Waals surface area contributed by atoms with Gasteiger partial charge in [-0.3, -0.25) is 4.98 Å². The van der Waals surface area contributed by atoms with Crippen molar-refractivity contribution in [2.45, 2.75) is 19.4 Å². The number of halogens is 1. The first-order valence-electron chi connectivity index (χ1n) is 6.03. The number of hydrogen-bond donors (Lipinski definition) is 1. The van der Waals surface area contributed by atoms with Crippen LogP contribution in [0.1, 0.15) is 22.9 Å². The summed E-state index contributed by atoms with van der Waals surface area (Å²) in [5.74, 6) is -0.226. The molecule has 2 rings (SSSR count). The van der Waals surface area contributed by atoms with Crippen molar-refractivity contribution in [1.82, 2.24) is 4.98 Å². The van der Waals surface area contributed by atoms with E-state index in [9.17, 15) is 9.50 Å². The van der Waals surface area contributed by atoms with Gasteiger partial charge in [-0.2, -0.15) is 0 Å². The van der Waals surface area contributed by atoms with Crippen LogP contribution >= 0.6 is 0 Å². The summed E-state index contributed by atoms with van der Waals surface area (Å²) in [6, 6.07) is 8.33. The SMILES string of the molecule is COc1ccc(CC(O)c2ccc(C)cn2)cc1F. The van der Waals surface area contributed by atoms with E-state index in [0.717, 1.165) is 5.56 Å². The lowest BCUT2D eigenvalue weighted by atomic mass is 10.0. The van der Waals surface area contributed by atoms with E-state index >= 15 is 0 Å². The highest BCUT2D eigenvalue weighted by Crippen LogP contribution is 2.22. The van der Waals surface area contributed by atoms with Gasteiger partial charge in [0, 0.05) is 12.6 Å². The van der Waals surface area contributed by atoms with Crippen molar-refractivity contribution in [2.24, 2.45) is 0 Å². The van der Waals surface area contributed by atoms with Gasteiger partial charge in [0.1, 0.15) is 0 Å². The van der Waals surface area contributed by atoms with Crippen LogP contribution in [-0.4, -0.2) is 17.2 Å². The first-order chi connectivity index (χ1) is 9.10. The Labute approximate surface area is 111 Å². The minimum atomic E-state index is -0.742. The molecular weight excluding hydrogens is 245 g/mol. The molecule has 4 heteroatoms. The van der Waals surface area contributed by atoms with Crippen LogP contribution in [0.5, 0.6) is 5.75 Å². The average Bonchev–Trinajstić information content (AvgIpc) is 2.39. The second kappa shape index (κ2) is 5.80. The zero-order valence-corrected chi connectivity index (χ0v) is 10.9. The van der Waals surface area contributed by atoms with Crippen molar-refractivity contribution in [2.75, 3.05) is 7.11 Å². The first-order valence-corrected chi connectivity index (χ1v) is 6.03. The smallest absolute Gasteiger partial charge is 0.165 e. The van der Waals surface area contributed by atoms with Gasteiger partial charge in [-0.25, -0.2) is 4.39 Å². The maximum Gasteiger partial charge on any atom is 0.165 e. The number of aryl methyl sites for hydroxylation is 1. The Balaban J connectivity index is 2.12. The number of aliphatic hydroxyl groups is 1. The third-order valence-corrected chi connectivity index (χ3v) is 2.92. The Morgan fingerprint density at radius 2 is 2.11 bits per heavy atom. The standard InChI is InChI=1S/C15H16FNO2/c1-10-3-5-13(17-9-10)14(18)8-11-4-6-15(19-2)12(16)7-11/h3-7,9,14,18H,8H2,1-2H3. The van der Waals surface area contributed by atoms with Gasteiger partial charge in [0.15, 0.2) is 11.6 Å². The molecule has 0 fully saturated rings. The van der Waals surface area contributed by atoms with Crippen molar-refractivity contribution in [3.05, 3.63) is 59.2 Å². The second-order valence-electron chi connectivity index (χ2n) is 4.45. The number of hydrogen-bond acceptors (Lipinski definition) is 3. The van der Waals surface area contributed by atoms with Crippen LogP contribution in [0.4, 0.5) is 4.39 Å². The molecule has 0 aliphatic rings. The first kappa shape index (κ1) is 13.5. The summed E-state index contributed by atoms with van der Waals surface area (Å²) in [6.45, 7) is 1.93. The molecule has 0 saturated carbocycles. The number of aliphatic hydroxyl groups excluding tert-OH is 1. The molecule has 1 atom stereocenters. The maximum absolute atomic E-state index is 13.5. The van der Waals surface area contributed by atoms with E-state index in [1.165, 1.54) is 13.2 Å². The minimum absolute atomic E-state index is 0.201. The molecule has 2 aromatic rings. The summed E-state index contributed by atoms with van der Waals surface area (Å²) >= 11 is 0. The van der Waals surface area contributed by atoms with E-state index < -0.39 is 11.9 Å². The van der Waals surface area contributed by atoms with Crippen molar-refractivity contribution in [3.8, 4) is 5.75 Å². The molecule has 0 amide bonds. The molecule has 1 N–H and O–H groups in total. The molecule has 19 heavy (non-hydrogen) atoms. The molecule has 1 unspecified atom stereocenters. The largest absolute Gasteiger partial charge is 0.494 e. The molecule has 100 valence electrons. The van der Waals surface area contributed by atoms with E-state index in [0.29, 0.717) is 17.7 Å². The van der Waals surface area contributed by atoms with Crippen molar-refractivity contribution < 1.29 is 14.2 Å². The molecule has 1 aromatic carbocycles. The van der Waals surface area contributed by atoms with Crippen LogP contribution in [0, 0.1) is 12.7 Å². The molecule has 3 nitrogen and oxygen atoms in total. The van der Waals surface area contributed by atoms with E-state index in [-0.39, 0.29) is 5.75 Å². The number of nitrogens with zero attached hydrogens (tertiary/aromatic N) is 1. The Bertz CT molecular complexity index is 555. The van der Waals surface area contributed by atoms with E-state index in [1.54, 1.807) is 24.4 Å². The second-order valence-corrected chi connectivity index (χ2v) is 4.45. The normalized spacial score (nSPS) is 12.2. The number of pyridine rings is 1. The molecule has 0 bridgehead atoms. The van der Waals surface area contributed by atoms with Gasteiger partial charge in [0.25, 0.3) is 0 Å². The van der Waals surface area contributed by atoms with Gasteiger partial charge in [0.2, 0.25) is 0 Å². The monoisotopic (exact) mass is 261 g/mol. The number of ether oxygens (including phenoxy) is 1. The molecule has 0 spiro atoms. The lowest BCUT2D eigenvalue weighted by Crippen LogP contribution is -2.04. The van der Waals surface area contributed by atoms with Gasteiger partial charge in [-0.05, 0) is 36.2 Å². The van der Waals surface area contributed by atoms with Crippen LogP contribution in [0.3, 0.4) is 0 Å². The molecule has 0 saturated heterocycles. The van der Waals surface area contributed by atoms with E-state index in [2.05, 4.69) is 4.98 Å². The maximum atomic E-state index is 13.5. The molecular formula is C15H16FNO2. The van der Waals surface area contributed by atoms with Crippen LogP contribution in [0.15, 0.2) is 36.5 Å². The average molecular weight is 261 g/mol. The van der Waals surface area contributed by atoms with Crippen LogP contribution in [-0.2, 0) is 6.42 Å². The zero-order chi connectivity index (χ0) is 13.8. The molecule has 0 aliphatic carbocycles. The highest BCUT2D eigenvalue weighted by atomic mass is 19.1. The predicted octanol–water partition coefficient (Wildman–Crippen LogP) is 2.81. The number of benzene rings is 1. The Kier molecular flexibility index (Phi) is 4.12. The molecule has 0 radical (unpaired) electrons. The summed E-state index contributed by atoms with van der Waals surface area (Å²) < 4.78 is 18.4. The summed E-state index contributed by atoms with van der Waals surface area (Å²) in [7, 11) is 1.42. The third-order valence-electron chi connectivity index (χ3n) is 2.92. The Morgan fingerprint density at radius 1 is 1.32 bits per heavy atom. The number of rotatable bonds is 4. The predicted molar refractivity (Wildman–Crippen MR) is 70.6 cm³/mol. The fourth-order valence-electron chi connectivity index (χ4n) is 1.84. The lowest BCUT2D eigenvalue weighted by Gasteiger charge is -2.11. The van der Waals surface area contributed by atoms with Crippen LogP contribution in [0.25, 0.3) is 0 Å². The summed E-state index contributed by atoms with van der Waals surface area (Å²) in [4.78, 5) is 4.16. The summed E-state index contributed by atoms with van der Waals surface area (Å²) in [5.41, 5.74) is 2.32. The Hall–Kier alpha value is -1.94. The highest BCUT2D eigenvalue weighted by Gasteiger charge is 2.11.